The third-order valence-corrected chi connectivity index (χ3v) is 2.37. The van der Waals surface area contributed by atoms with E-state index in [1.165, 1.54) is 5.56 Å². The van der Waals surface area contributed by atoms with Crippen LogP contribution < -0.4 is 0 Å². The van der Waals surface area contributed by atoms with Crippen molar-refractivity contribution in [2.24, 2.45) is 0 Å². The molecule has 0 saturated heterocycles. The fourth-order valence-electron chi connectivity index (χ4n) is 1.24. The normalized spacial score (nSPS) is 10.8. The molecule has 71 valence electrons. The van der Waals surface area contributed by atoms with Crippen molar-refractivity contribution < 1.29 is 0 Å². The summed E-state index contributed by atoms with van der Waals surface area (Å²) in [5.74, 6) is 0. The highest BCUT2D eigenvalue weighted by Gasteiger charge is 2.00. The summed E-state index contributed by atoms with van der Waals surface area (Å²) in [5.41, 5.74) is 1.27. The molecule has 0 atom stereocenters. The van der Waals surface area contributed by atoms with Crippen molar-refractivity contribution in [3.63, 3.8) is 0 Å². The van der Waals surface area contributed by atoms with Crippen molar-refractivity contribution in [1.29, 1.82) is 0 Å². The average Bonchev–Trinajstić information content (AvgIpc) is 2.17. The molecule has 0 aliphatic heterocycles. The molecule has 0 unspecified atom stereocenters. The van der Waals surface area contributed by atoms with E-state index in [-0.39, 0.29) is 0 Å². The summed E-state index contributed by atoms with van der Waals surface area (Å²) in [7, 11) is 0. The van der Waals surface area contributed by atoms with Crippen molar-refractivity contribution in [2.45, 2.75) is 20.4 Å². The first-order valence-electron chi connectivity index (χ1n) is 4.64. The largest absolute Gasteiger partial charge is 0.300 e. The first kappa shape index (κ1) is 10.6. The lowest BCUT2D eigenvalue weighted by molar-refractivity contribution is 0.296. The Morgan fingerprint density at radius 2 is 2.00 bits per heavy atom. The molecular formula is C11H15ClN. The van der Waals surface area contributed by atoms with Gasteiger partial charge >= 0.3 is 0 Å². The molecule has 0 bridgehead atoms. The van der Waals surface area contributed by atoms with Crippen LogP contribution in [-0.4, -0.2) is 18.0 Å². The monoisotopic (exact) mass is 196 g/mol. The van der Waals surface area contributed by atoms with Crippen molar-refractivity contribution in [3.05, 3.63) is 34.9 Å². The highest BCUT2D eigenvalue weighted by molar-refractivity contribution is 6.30. The van der Waals surface area contributed by atoms with E-state index in [2.05, 4.69) is 30.9 Å². The van der Waals surface area contributed by atoms with E-state index >= 15 is 0 Å². The molecule has 0 fully saturated rings. The summed E-state index contributed by atoms with van der Waals surface area (Å²) >= 11 is 5.75. The number of halogens is 1. The quantitative estimate of drug-likeness (QED) is 0.716. The smallest absolute Gasteiger partial charge is 0.0485 e. The zero-order valence-electron chi connectivity index (χ0n) is 8.18. The van der Waals surface area contributed by atoms with Gasteiger partial charge in [0.15, 0.2) is 0 Å². The van der Waals surface area contributed by atoms with Crippen LogP contribution in [0.1, 0.15) is 19.4 Å². The fourth-order valence-corrected chi connectivity index (χ4v) is 1.36. The lowest BCUT2D eigenvalue weighted by Crippen LogP contribution is -2.21. The van der Waals surface area contributed by atoms with Gasteiger partial charge in [0.1, 0.15) is 0 Å². The molecule has 0 heterocycles. The second kappa shape index (κ2) is 5.25. The van der Waals surface area contributed by atoms with Gasteiger partial charge in [-0.25, -0.2) is 0 Å². The lowest BCUT2D eigenvalue weighted by Gasteiger charge is -2.17. The van der Waals surface area contributed by atoms with Gasteiger partial charge in [0.05, 0.1) is 0 Å². The van der Waals surface area contributed by atoms with E-state index < -0.39 is 0 Å². The highest BCUT2D eigenvalue weighted by Crippen LogP contribution is 2.10. The van der Waals surface area contributed by atoms with Gasteiger partial charge in [-0.15, -0.1) is 0 Å². The van der Waals surface area contributed by atoms with E-state index in [1.807, 2.05) is 12.1 Å². The molecular weight excluding hydrogens is 182 g/mol. The van der Waals surface area contributed by atoms with Gasteiger partial charge in [0.25, 0.3) is 0 Å². The zero-order chi connectivity index (χ0) is 9.68. The molecule has 13 heavy (non-hydrogen) atoms. The molecule has 0 N–H and O–H groups in total. The van der Waals surface area contributed by atoms with E-state index in [0.29, 0.717) is 5.02 Å². The standard InChI is InChI=1S/C11H15ClN/c1-3-13(4-2)9-10-5-7-11(12)8-6-10/h5-7H,3-4,9H2,1-2H3. The molecule has 0 aliphatic carbocycles. The molecule has 1 aromatic carbocycles. The topological polar surface area (TPSA) is 3.24 Å². The Kier molecular flexibility index (Phi) is 4.26. The Hall–Kier alpha value is -0.530. The van der Waals surface area contributed by atoms with Crippen molar-refractivity contribution in [3.8, 4) is 0 Å². The van der Waals surface area contributed by atoms with Gasteiger partial charge in [-0.1, -0.05) is 31.5 Å². The predicted octanol–water partition coefficient (Wildman–Crippen LogP) is 2.98. The molecule has 0 amide bonds. The number of hydrogen-bond donors (Lipinski definition) is 0. The van der Waals surface area contributed by atoms with Crippen LogP contribution >= 0.6 is 11.6 Å². The van der Waals surface area contributed by atoms with Gasteiger partial charge in [0.2, 0.25) is 0 Å². The first-order valence-corrected chi connectivity index (χ1v) is 5.02. The Balaban J connectivity index is 2.58. The van der Waals surface area contributed by atoms with Crippen LogP contribution in [0.15, 0.2) is 18.2 Å². The minimum atomic E-state index is 0.684. The summed E-state index contributed by atoms with van der Waals surface area (Å²) in [6, 6.07) is 8.89. The SMILES string of the molecule is CCN(CC)Cc1c[c]c(Cl)cc1. The molecule has 1 rings (SSSR count). The minimum absolute atomic E-state index is 0.684. The van der Waals surface area contributed by atoms with Gasteiger partial charge in [-0.2, -0.15) is 0 Å². The van der Waals surface area contributed by atoms with E-state index in [1.54, 1.807) is 0 Å². The molecule has 0 saturated carbocycles. The van der Waals surface area contributed by atoms with Crippen LogP contribution in [0.2, 0.25) is 5.02 Å². The van der Waals surface area contributed by atoms with Crippen LogP contribution in [0, 0.1) is 6.07 Å². The van der Waals surface area contributed by atoms with Crippen LogP contribution in [0.5, 0.6) is 0 Å². The maximum absolute atomic E-state index is 5.75. The predicted molar refractivity (Wildman–Crippen MR) is 56.9 cm³/mol. The maximum atomic E-state index is 5.75. The maximum Gasteiger partial charge on any atom is 0.0485 e. The van der Waals surface area contributed by atoms with Crippen LogP contribution in [0.3, 0.4) is 0 Å². The average molecular weight is 197 g/mol. The third kappa shape index (κ3) is 3.37. The summed E-state index contributed by atoms with van der Waals surface area (Å²) in [6.07, 6.45) is 0. The lowest BCUT2D eigenvalue weighted by atomic mass is 10.2. The summed E-state index contributed by atoms with van der Waals surface area (Å²) in [5, 5.41) is 0.684. The van der Waals surface area contributed by atoms with E-state index in [9.17, 15) is 0 Å². The second-order valence-corrected chi connectivity index (χ2v) is 3.41. The second-order valence-electron chi connectivity index (χ2n) is 3.01. The third-order valence-electron chi connectivity index (χ3n) is 2.14. The molecule has 1 aromatic rings. The van der Waals surface area contributed by atoms with Gasteiger partial charge in [0, 0.05) is 17.6 Å². The highest BCUT2D eigenvalue weighted by atomic mass is 35.5. The Bertz CT molecular complexity index is 239. The van der Waals surface area contributed by atoms with Gasteiger partial charge in [-0.05, 0) is 30.8 Å². The van der Waals surface area contributed by atoms with Crippen LogP contribution in [0.25, 0.3) is 0 Å². The molecule has 0 spiro atoms. The van der Waals surface area contributed by atoms with Crippen molar-refractivity contribution >= 4 is 11.6 Å². The van der Waals surface area contributed by atoms with Crippen LogP contribution in [0.4, 0.5) is 0 Å². The Morgan fingerprint density at radius 1 is 1.31 bits per heavy atom. The van der Waals surface area contributed by atoms with Gasteiger partial charge < -0.3 is 0 Å². The van der Waals surface area contributed by atoms with E-state index in [0.717, 1.165) is 19.6 Å². The summed E-state index contributed by atoms with van der Waals surface area (Å²) in [4.78, 5) is 2.36. The molecule has 1 radical (unpaired) electrons. The summed E-state index contributed by atoms with van der Waals surface area (Å²) in [6.45, 7) is 7.49. The molecule has 2 heteroatoms. The fraction of sp³-hybridized carbons (Fsp3) is 0.455. The first-order chi connectivity index (χ1) is 6.26. The Morgan fingerprint density at radius 3 is 2.46 bits per heavy atom. The number of nitrogens with zero attached hydrogens (tertiary/aromatic N) is 1. The number of hydrogen-bond acceptors (Lipinski definition) is 1. The summed E-state index contributed by atoms with van der Waals surface area (Å²) < 4.78 is 0. The van der Waals surface area contributed by atoms with Crippen LogP contribution in [-0.2, 0) is 6.54 Å². The van der Waals surface area contributed by atoms with Gasteiger partial charge in [-0.3, -0.25) is 4.90 Å². The number of benzene rings is 1. The van der Waals surface area contributed by atoms with E-state index in [4.69, 9.17) is 11.6 Å². The van der Waals surface area contributed by atoms with Crippen molar-refractivity contribution in [1.82, 2.24) is 4.90 Å². The molecule has 0 aromatic heterocycles. The van der Waals surface area contributed by atoms with Crippen molar-refractivity contribution in [2.75, 3.05) is 13.1 Å². The molecule has 0 aliphatic rings. The zero-order valence-corrected chi connectivity index (χ0v) is 8.93. The Labute approximate surface area is 85.3 Å². The number of rotatable bonds is 4. The molecule has 1 nitrogen and oxygen atoms in total. The minimum Gasteiger partial charge on any atom is -0.300 e.